The summed E-state index contributed by atoms with van der Waals surface area (Å²) in [5, 5.41) is 3.93. The van der Waals surface area contributed by atoms with E-state index in [1.807, 2.05) is 35.2 Å². The third-order valence-corrected chi connectivity index (χ3v) is 8.60. The number of fused-ring (bicyclic) bond motifs is 8. The van der Waals surface area contributed by atoms with Gasteiger partial charge in [-0.2, -0.15) is 0 Å². The third-order valence-electron chi connectivity index (χ3n) is 8.60. The highest BCUT2D eigenvalue weighted by Gasteiger charge is 2.24. The smallest absolute Gasteiger partial charge is 0.272 e. The van der Waals surface area contributed by atoms with E-state index in [0.717, 1.165) is 52.7 Å². The van der Waals surface area contributed by atoms with Crippen LogP contribution in [-0.2, 0) is 6.54 Å². The molecular formula is C36H41N5O5. The van der Waals surface area contributed by atoms with Crippen LogP contribution in [0.4, 0.5) is 0 Å². The molecule has 6 rings (SSSR count). The molecular weight excluding hydrogens is 582 g/mol. The van der Waals surface area contributed by atoms with E-state index in [-0.39, 0.29) is 11.8 Å². The molecule has 0 saturated carbocycles. The molecule has 0 unspecified atom stereocenters. The quantitative estimate of drug-likeness (QED) is 0.326. The maximum absolute atomic E-state index is 13.7. The first-order chi connectivity index (χ1) is 22.4. The molecule has 2 aliphatic rings. The lowest BCUT2D eigenvalue weighted by atomic mass is 9.98. The lowest BCUT2D eigenvalue weighted by molar-refractivity contribution is 0.0736. The summed E-state index contributed by atoms with van der Waals surface area (Å²) in [5.74, 6) is 1.76. The number of hydrogen-bond donors (Lipinski definition) is 1. The number of nitrogens with zero attached hydrogens (tertiary/aromatic N) is 4. The molecule has 1 N–H and O–H groups in total. The van der Waals surface area contributed by atoms with Crippen LogP contribution in [0.25, 0.3) is 22.0 Å². The van der Waals surface area contributed by atoms with Gasteiger partial charge in [0.05, 0.1) is 19.2 Å². The number of pyridine rings is 2. The Morgan fingerprint density at radius 3 is 2.67 bits per heavy atom. The average Bonchev–Trinajstić information content (AvgIpc) is 3.30. The van der Waals surface area contributed by atoms with E-state index in [2.05, 4.69) is 40.1 Å². The first kappa shape index (κ1) is 31.3. The summed E-state index contributed by atoms with van der Waals surface area (Å²) >= 11 is 0. The Morgan fingerprint density at radius 1 is 0.957 bits per heavy atom. The highest BCUT2D eigenvalue weighted by atomic mass is 16.5. The van der Waals surface area contributed by atoms with Crippen LogP contribution >= 0.6 is 0 Å². The second-order valence-corrected chi connectivity index (χ2v) is 12.0. The van der Waals surface area contributed by atoms with Crippen molar-refractivity contribution in [3.63, 3.8) is 0 Å². The van der Waals surface area contributed by atoms with Gasteiger partial charge in [-0.15, -0.1) is 0 Å². The van der Waals surface area contributed by atoms with Gasteiger partial charge in [-0.1, -0.05) is 0 Å². The summed E-state index contributed by atoms with van der Waals surface area (Å²) in [7, 11) is 1.64. The van der Waals surface area contributed by atoms with Gasteiger partial charge in [0.15, 0.2) is 11.5 Å². The molecule has 2 aromatic carbocycles. The molecule has 10 heteroatoms. The molecule has 0 aliphatic carbocycles. The van der Waals surface area contributed by atoms with Gasteiger partial charge in [-0.05, 0) is 87.2 Å². The molecule has 4 aromatic rings. The van der Waals surface area contributed by atoms with Crippen LogP contribution in [0.2, 0.25) is 0 Å². The van der Waals surface area contributed by atoms with Gasteiger partial charge in [0, 0.05) is 73.2 Å². The summed E-state index contributed by atoms with van der Waals surface area (Å²) < 4.78 is 18.5. The zero-order chi connectivity index (χ0) is 32.0. The number of ether oxygens (including phenoxy) is 3. The Morgan fingerprint density at radius 2 is 1.83 bits per heavy atom. The van der Waals surface area contributed by atoms with Gasteiger partial charge in [0.2, 0.25) is 0 Å². The minimum atomic E-state index is -0.156. The van der Waals surface area contributed by atoms with Crippen molar-refractivity contribution in [3.05, 3.63) is 77.7 Å². The number of hydrogen-bond acceptors (Lipinski definition) is 8. The normalized spacial score (nSPS) is 16.4. The summed E-state index contributed by atoms with van der Waals surface area (Å²) in [5.41, 5.74) is 4.38. The minimum absolute atomic E-state index is 0.128. The SMILES string of the molecule is COc1ccc2cc1-c1cc3c(c(c1)OCCCN(C(=O)c1ccc4cnccc4n1)CCCCNC2=O)OCCN(C(C)C)C3. The van der Waals surface area contributed by atoms with E-state index in [4.69, 9.17) is 14.2 Å². The van der Waals surface area contributed by atoms with Crippen molar-refractivity contribution in [1.82, 2.24) is 25.1 Å². The lowest BCUT2D eigenvalue weighted by Crippen LogP contribution is -2.34. The van der Waals surface area contributed by atoms with Gasteiger partial charge in [-0.25, -0.2) is 4.98 Å². The van der Waals surface area contributed by atoms with Gasteiger partial charge in [0.25, 0.3) is 11.8 Å². The van der Waals surface area contributed by atoms with E-state index >= 15 is 0 Å². The van der Waals surface area contributed by atoms with Crippen molar-refractivity contribution in [3.8, 4) is 28.4 Å². The van der Waals surface area contributed by atoms with Gasteiger partial charge in [0.1, 0.15) is 18.1 Å². The predicted molar refractivity (Wildman–Crippen MR) is 177 cm³/mol. The molecule has 10 nitrogen and oxygen atoms in total. The van der Waals surface area contributed by atoms with Crippen molar-refractivity contribution >= 4 is 22.7 Å². The summed E-state index contributed by atoms with van der Waals surface area (Å²) in [6.45, 7) is 8.35. The first-order valence-corrected chi connectivity index (χ1v) is 16.0. The van der Waals surface area contributed by atoms with E-state index < -0.39 is 0 Å². The fourth-order valence-electron chi connectivity index (χ4n) is 6.01. The zero-order valence-electron chi connectivity index (χ0n) is 26.8. The molecule has 2 amide bonds. The van der Waals surface area contributed by atoms with Gasteiger partial charge >= 0.3 is 0 Å². The minimum Gasteiger partial charge on any atom is -0.496 e. The van der Waals surface area contributed by atoms with Crippen molar-refractivity contribution < 1.29 is 23.8 Å². The van der Waals surface area contributed by atoms with Crippen molar-refractivity contribution in [2.75, 3.05) is 46.5 Å². The number of carbonyl (C=O) groups excluding carboxylic acids is 2. The summed E-state index contributed by atoms with van der Waals surface area (Å²) in [6.07, 6.45) is 5.49. The second kappa shape index (κ2) is 14.2. The van der Waals surface area contributed by atoms with Crippen LogP contribution in [-0.4, -0.2) is 84.1 Å². The van der Waals surface area contributed by atoms with Crippen LogP contribution < -0.4 is 19.5 Å². The largest absolute Gasteiger partial charge is 0.496 e. The number of benzene rings is 2. The Kier molecular flexibility index (Phi) is 9.63. The number of methoxy groups -OCH3 is 1. The number of amides is 2. The van der Waals surface area contributed by atoms with Gasteiger partial charge < -0.3 is 24.4 Å². The standard InChI is InChI=1S/C36H41N5O5/c1-24(2)41-16-18-46-34-28(23-41)19-27-21-33(34)45-17-6-15-40(36(43)31-9-7-26-22-37-13-11-30(26)39-31)14-5-4-12-38-35(42)25-8-10-32(44-3)29(27)20-25/h7-11,13,19-22,24H,4-6,12,14-18,23H2,1-3H3,(H,38,42). The maximum Gasteiger partial charge on any atom is 0.272 e. The number of rotatable bonds is 3. The van der Waals surface area contributed by atoms with E-state index in [0.29, 0.717) is 74.6 Å². The molecule has 2 aliphatic heterocycles. The Hall–Kier alpha value is -4.70. The van der Waals surface area contributed by atoms with Crippen LogP contribution in [0, 0.1) is 0 Å². The Balaban J connectivity index is 1.32. The molecule has 0 atom stereocenters. The van der Waals surface area contributed by atoms with Gasteiger partial charge in [-0.3, -0.25) is 19.5 Å². The summed E-state index contributed by atoms with van der Waals surface area (Å²) in [6, 6.07) is 15.4. The average molecular weight is 624 g/mol. The van der Waals surface area contributed by atoms with Crippen molar-refractivity contribution in [2.45, 2.75) is 45.7 Å². The third kappa shape index (κ3) is 6.92. The second-order valence-electron chi connectivity index (χ2n) is 12.0. The fraction of sp³-hybridized carbons (Fsp3) is 0.389. The maximum atomic E-state index is 13.7. The number of aromatic nitrogens is 2. The molecule has 0 radical (unpaired) electrons. The molecule has 0 spiro atoms. The lowest BCUT2D eigenvalue weighted by Gasteiger charge is -2.24. The molecule has 4 bridgehead atoms. The topological polar surface area (TPSA) is 106 Å². The first-order valence-electron chi connectivity index (χ1n) is 16.0. The summed E-state index contributed by atoms with van der Waals surface area (Å²) in [4.78, 5) is 39.9. The van der Waals surface area contributed by atoms with Crippen LogP contribution in [0.3, 0.4) is 0 Å². The highest BCUT2D eigenvalue weighted by Crippen LogP contribution is 2.41. The molecule has 46 heavy (non-hydrogen) atoms. The molecule has 240 valence electrons. The Bertz CT molecular complexity index is 1720. The molecule has 0 fully saturated rings. The molecule has 4 heterocycles. The fourth-order valence-corrected chi connectivity index (χ4v) is 6.01. The molecule has 0 saturated heterocycles. The van der Waals surface area contributed by atoms with Crippen molar-refractivity contribution in [1.29, 1.82) is 0 Å². The predicted octanol–water partition coefficient (Wildman–Crippen LogP) is 5.34. The Labute approximate surface area is 269 Å². The number of nitrogens with one attached hydrogen (secondary N) is 1. The van der Waals surface area contributed by atoms with Crippen LogP contribution in [0.5, 0.6) is 17.2 Å². The van der Waals surface area contributed by atoms with E-state index in [9.17, 15) is 9.59 Å². The monoisotopic (exact) mass is 623 g/mol. The van der Waals surface area contributed by atoms with Crippen LogP contribution in [0.15, 0.2) is 60.9 Å². The van der Waals surface area contributed by atoms with E-state index in [1.54, 1.807) is 31.6 Å². The molecule has 2 aromatic heterocycles. The number of carbonyl (C=O) groups is 2. The van der Waals surface area contributed by atoms with E-state index in [1.165, 1.54) is 0 Å². The zero-order valence-corrected chi connectivity index (χ0v) is 26.8. The van der Waals surface area contributed by atoms with Crippen molar-refractivity contribution in [2.24, 2.45) is 0 Å². The van der Waals surface area contributed by atoms with Crippen LogP contribution in [0.1, 0.15) is 59.5 Å². The highest BCUT2D eigenvalue weighted by molar-refractivity contribution is 5.96.